The van der Waals surface area contributed by atoms with Crippen LogP contribution in [0.15, 0.2) is 54.6 Å². The second-order valence-corrected chi connectivity index (χ2v) is 4.86. The first-order valence-electron chi connectivity index (χ1n) is 6.27. The first-order chi connectivity index (χ1) is 9.31. The number of nitriles is 2. The van der Waals surface area contributed by atoms with Crippen LogP contribution in [0.25, 0.3) is 0 Å². The maximum atomic E-state index is 9.62. The minimum atomic E-state index is -1.06. The summed E-state index contributed by atoms with van der Waals surface area (Å²) in [4.78, 5) is 0. The van der Waals surface area contributed by atoms with E-state index in [1.165, 1.54) is 0 Å². The molecule has 2 heteroatoms. The van der Waals surface area contributed by atoms with Crippen LogP contribution in [0, 0.1) is 22.7 Å². The Morgan fingerprint density at radius 3 is 2.21 bits per heavy atom. The topological polar surface area (TPSA) is 47.6 Å². The van der Waals surface area contributed by atoms with Crippen molar-refractivity contribution < 1.29 is 0 Å². The monoisotopic (exact) mass is 244 g/mol. The van der Waals surface area contributed by atoms with Gasteiger partial charge in [-0.1, -0.05) is 54.6 Å². The minimum absolute atomic E-state index is 0.0823. The summed E-state index contributed by atoms with van der Waals surface area (Å²) < 4.78 is 0. The Morgan fingerprint density at radius 1 is 0.895 bits per heavy atom. The Balaban J connectivity index is 2.20. The Hall–Kier alpha value is -2.58. The van der Waals surface area contributed by atoms with Gasteiger partial charge in [0, 0.05) is 5.92 Å². The number of hydrogen-bond donors (Lipinski definition) is 0. The van der Waals surface area contributed by atoms with Crippen LogP contribution in [-0.4, -0.2) is 0 Å². The van der Waals surface area contributed by atoms with E-state index < -0.39 is 5.41 Å². The van der Waals surface area contributed by atoms with Crippen molar-refractivity contribution in [2.24, 2.45) is 0 Å². The molecule has 2 aromatic carbocycles. The van der Waals surface area contributed by atoms with Crippen LogP contribution in [0.2, 0.25) is 0 Å². The lowest BCUT2D eigenvalue weighted by Crippen LogP contribution is -2.26. The summed E-state index contributed by atoms with van der Waals surface area (Å²) in [6, 6.07) is 22.2. The van der Waals surface area contributed by atoms with E-state index in [0.717, 1.165) is 23.1 Å². The van der Waals surface area contributed by atoms with Gasteiger partial charge >= 0.3 is 0 Å². The van der Waals surface area contributed by atoms with Crippen molar-refractivity contribution >= 4 is 0 Å². The zero-order valence-electron chi connectivity index (χ0n) is 10.4. The van der Waals surface area contributed by atoms with Crippen LogP contribution in [-0.2, 0) is 11.8 Å². The lowest BCUT2D eigenvalue weighted by Gasteiger charge is -2.22. The maximum absolute atomic E-state index is 9.62. The summed E-state index contributed by atoms with van der Waals surface area (Å²) in [5, 5.41) is 19.2. The second kappa shape index (κ2) is 4.26. The van der Waals surface area contributed by atoms with Crippen LogP contribution in [0.4, 0.5) is 0 Å². The van der Waals surface area contributed by atoms with Crippen molar-refractivity contribution in [3.05, 3.63) is 71.3 Å². The molecule has 0 saturated carbocycles. The van der Waals surface area contributed by atoms with Gasteiger partial charge in [0.1, 0.15) is 0 Å². The molecule has 0 N–H and O–H groups in total. The minimum Gasteiger partial charge on any atom is -0.196 e. The first kappa shape index (κ1) is 11.5. The smallest absolute Gasteiger partial charge is 0.176 e. The van der Waals surface area contributed by atoms with Crippen LogP contribution < -0.4 is 0 Å². The SMILES string of the molecule is N#CC1(C#N)c2ccccc2CC1c1ccccc1. The van der Waals surface area contributed by atoms with Crippen LogP contribution in [0.3, 0.4) is 0 Å². The van der Waals surface area contributed by atoms with Gasteiger partial charge in [-0.05, 0) is 23.1 Å². The van der Waals surface area contributed by atoms with Crippen molar-refractivity contribution in [1.29, 1.82) is 10.5 Å². The first-order valence-corrected chi connectivity index (χ1v) is 6.27. The van der Waals surface area contributed by atoms with E-state index >= 15 is 0 Å². The summed E-state index contributed by atoms with van der Waals surface area (Å²) in [7, 11) is 0. The lowest BCUT2D eigenvalue weighted by molar-refractivity contribution is 0.579. The molecule has 3 rings (SSSR count). The van der Waals surface area contributed by atoms with Crippen molar-refractivity contribution in [3.63, 3.8) is 0 Å². The number of hydrogen-bond acceptors (Lipinski definition) is 2. The van der Waals surface area contributed by atoms with Gasteiger partial charge < -0.3 is 0 Å². The number of benzene rings is 2. The summed E-state index contributed by atoms with van der Waals surface area (Å²) in [5.74, 6) is -0.0823. The van der Waals surface area contributed by atoms with Gasteiger partial charge in [0.25, 0.3) is 0 Å². The van der Waals surface area contributed by atoms with E-state index in [0.29, 0.717) is 0 Å². The predicted octanol–water partition coefficient (Wildman–Crippen LogP) is 3.31. The third-order valence-electron chi connectivity index (χ3n) is 3.94. The predicted molar refractivity (Wildman–Crippen MR) is 72.2 cm³/mol. The average Bonchev–Trinajstić information content (AvgIpc) is 2.83. The van der Waals surface area contributed by atoms with Crippen LogP contribution in [0.1, 0.15) is 22.6 Å². The highest BCUT2D eigenvalue weighted by molar-refractivity contribution is 5.55. The van der Waals surface area contributed by atoms with Crippen LogP contribution in [0.5, 0.6) is 0 Å². The summed E-state index contributed by atoms with van der Waals surface area (Å²) in [6.45, 7) is 0. The summed E-state index contributed by atoms with van der Waals surface area (Å²) in [6.07, 6.45) is 0.751. The molecule has 0 spiro atoms. The molecular formula is C17H12N2. The Kier molecular flexibility index (Phi) is 2.58. The molecule has 0 aromatic heterocycles. The Bertz CT molecular complexity index is 675. The van der Waals surface area contributed by atoms with E-state index in [1.807, 2.05) is 54.6 Å². The standard InChI is InChI=1S/C17H12N2/c18-11-17(12-19)15-9-5-4-8-14(15)10-16(17)13-6-2-1-3-7-13/h1-9,16H,10H2. The summed E-state index contributed by atoms with van der Waals surface area (Å²) >= 11 is 0. The molecule has 1 aliphatic rings. The van der Waals surface area contributed by atoms with Crippen molar-refractivity contribution in [3.8, 4) is 12.1 Å². The third-order valence-corrected chi connectivity index (χ3v) is 3.94. The van der Waals surface area contributed by atoms with E-state index in [9.17, 15) is 10.5 Å². The Labute approximate surface area is 112 Å². The van der Waals surface area contributed by atoms with Gasteiger partial charge in [0.15, 0.2) is 5.41 Å². The van der Waals surface area contributed by atoms with Gasteiger partial charge in [0.05, 0.1) is 12.1 Å². The molecule has 2 nitrogen and oxygen atoms in total. The number of nitrogens with zero attached hydrogens (tertiary/aromatic N) is 2. The molecule has 2 aromatic rings. The average molecular weight is 244 g/mol. The molecule has 1 atom stereocenters. The molecule has 0 heterocycles. The van der Waals surface area contributed by atoms with E-state index in [2.05, 4.69) is 12.1 Å². The molecule has 90 valence electrons. The highest BCUT2D eigenvalue weighted by atomic mass is 14.5. The quantitative estimate of drug-likeness (QED) is 0.772. The molecule has 0 fully saturated rings. The summed E-state index contributed by atoms with van der Waals surface area (Å²) in [5.41, 5.74) is 1.98. The molecule has 19 heavy (non-hydrogen) atoms. The van der Waals surface area contributed by atoms with E-state index in [4.69, 9.17) is 0 Å². The van der Waals surface area contributed by atoms with Crippen LogP contribution >= 0.6 is 0 Å². The highest BCUT2D eigenvalue weighted by Gasteiger charge is 2.48. The zero-order valence-corrected chi connectivity index (χ0v) is 10.4. The maximum Gasteiger partial charge on any atom is 0.176 e. The van der Waals surface area contributed by atoms with Gasteiger partial charge in [-0.2, -0.15) is 10.5 Å². The third kappa shape index (κ3) is 1.54. The van der Waals surface area contributed by atoms with Gasteiger partial charge in [-0.3, -0.25) is 0 Å². The van der Waals surface area contributed by atoms with Gasteiger partial charge in [-0.15, -0.1) is 0 Å². The lowest BCUT2D eigenvalue weighted by atomic mass is 9.74. The van der Waals surface area contributed by atoms with Crippen molar-refractivity contribution in [1.82, 2.24) is 0 Å². The molecular weight excluding hydrogens is 232 g/mol. The molecule has 1 unspecified atom stereocenters. The molecule has 0 aliphatic heterocycles. The molecule has 0 saturated heterocycles. The fourth-order valence-electron chi connectivity index (χ4n) is 3.00. The number of rotatable bonds is 1. The van der Waals surface area contributed by atoms with E-state index in [1.54, 1.807) is 0 Å². The molecule has 0 amide bonds. The molecule has 0 bridgehead atoms. The van der Waals surface area contributed by atoms with E-state index in [-0.39, 0.29) is 5.92 Å². The van der Waals surface area contributed by atoms with Crippen molar-refractivity contribution in [2.45, 2.75) is 17.8 Å². The normalized spacial score (nSPS) is 19.2. The second-order valence-electron chi connectivity index (χ2n) is 4.86. The molecule has 0 radical (unpaired) electrons. The zero-order chi connectivity index (χ0) is 13.3. The number of fused-ring (bicyclic) bond motifs is 1. The Morgan fingerprint density at radius 2 is 1.53 bits per heavy atom. The van der Waals surface area contributed by atoms with Crippen molar-refractivity contribution in [2.75, 3.05) is 0 Å². The van der Waals surface area contributed by atoms with Gasteiger partial charge in [-0.25, -0.2) is 0 Å². The highest BCUT2D eigenvalue weighted by Crippen LogP contribution is 2.48. The fourth-order valence-corrected chi connectivity index (χ4v) is 3.00. The molecule has 1 aliphatic carbocycles. The van der Waals surface area contributed by atoms with Gasteiger partial charge in [0.2, 0.25) is 0 Å². The largest absolute Gasteiger partial charge is 0.196 e. The fraction of sp³-hybridized carbons (Fsp3) is 0.176.